The molecule has 0 aliphatic heterocycles. The standard InChI is InChI=1S/C17H21FN4O/c1-22(2)9-8-19-15-6-7-16(20-12-15)21-17(23)11-13-4-3-5-14(18)10-13/h3-7,10,12,19H,8-9,11H2,1-2H3,(H,20,21,23). The second-order valence-electron chi connectivity index (χ2n) is 5.52. The van der Waals surface area contributed by atoms with Crippen LogP contribution in [0.4, 0.5) is 15.9 Å². The Labute approximate surface area is 135 Å². The third kappa shape index (κ3) is 6.04. The highest BCUT2D eigenvalue weighted by atomic mass is 19.1. The first kappa shape index (κ1) is 16.9. The summed E-state index contributed by atoms with van der Waals surface area (Å²) in [6.07, 6.45) is 1.79. The zero-order valence-electron chi connectivity index (χ0n) is 13.3. The molecule has 23 heavy (non-hydrogen) atoms. The van der Waals surface area contributed by atoms with Crippen LogP contribution < -0.4 is 10.6 Å². The van der Waals surface area contributed by atoms with Crippen LogP contribution in [0.3, 0.4) is 0 Å². The van der Waals surface area contributed by atoms with Crippen LogP contribution >= 0.6 is 0 Å². The van der Waals surface area contributed by atoms with Crippen LogP contribution in [0.2, 0.25) is 0 Å². The number of halogens is 1. The zero-order valence-corrected chi connectivity index (χ0v) is 13.3. The molecule has 0 saturated carbocycles. The van der Waals surface area contributed by atoms with E-state index < -0.39 is 0 Å². The fraction of sp³-hybridized carbons (Fsp3) is 0.294. The smallest absolute Gasteiger partial charge is 0.229 e. The molecule has 2 rings (SSSR count). The first-order chi connectivity index (χ1) is 11.0. The van der Waals surface area contributed by atoms with Crippen molar-refractivity contribution in [1.29, 1.82) is 0 Å². The number of pyridine rings is 1. The summed E-state index contributed by atoms with van der Waals surface area (Å²) in [4.78, 5) is 18.2. The lowest BCUT2D eigenvalue weighted by Gasteiger charge is -2.11. The van der Waals surface area contributed by atoms with E-state index in [9.17, 15) is 9.18 Å². The second kappa shape index (κ2) is 8.24. The van der Waals surface area contributed by atoms with Crippen LogP contribution in [0, 0.1) is 5.82 Å². The van der Waals surface area contributed by atoms with Crippen LogP contribution in [-0.2, 0) is 11.2 Å². The van der Waals surface area contributed by atoms with Crippen molar-refractivity contribution in [2.45, 2.75) is 6.42 Å². The number of rotatable bonds is 7. The summed E-state index contributed by atoms with van der Waals surface area (Å²) < 4.78 is 13.1. The summed E-state index contributed by atoms with van der Waals surface area (Å²) >= 11 is 0. The van der Waals surface area contributed by atoms with Crippen molar-refractivity contribution in [3.63, 3.8) is 0 Å². The SMILES string of the molecule is CN(C)CCNc1ccc(NC(=O)Cc2cccc(F)c2)nc1. The van der Waals surface area contributed by atoms with Gasteiger partial charge in [-0.2, -0.15) is 0 Å². The van der Waals surface area contributed by atoms with E-state index >= 15 is 0 Å². The number of nitrogens with one attached hydrogen (secondary N) is 2. The highest BCUT2D eigenvalue weighted by Gasteiger charge is 2.06. The largest absolute Gasteiger partial charge is 0.383 e. The predicted molar refractivity (Wildman–Crippen MR) is 90.0 cm³/mol. The molecule has 2 N–H and O–H groups in total. The summed E-state index contributed by atoms with van der Waals surface area (Å²) in [5, 5.41) is 5.95. The number of hydrogen-bond donors (Lipinski definition) is 2. The maximum Gasteiger partial charge on any atom is 0.229 e. The Morgan fingerprint density at radius 3 is 2.74 bits per heavy atom. The molecule has 1 heterocycles. The van der Waals surface area contributed by atoms with E-state index in [4.69, 9.17) is 0 Å². The molecule has 122 valence electrons. The molecular formula is C17H21FN4O. The van der Waals surface area contributed by atoms with Gasteiger partial charge < -0.3 is 15.5 Å². The van der Waals surface area contributed by atoms with Crippen molar-refractivity contribution in [3.05, 3.63) is 54.0 Å². The van der Waals surface area contributed by atoms with Gasteiger partial charge in [-0.15, -0.1) is 0 Å². The van der Waals surface area contributed by atoms with Gasteiger partial charge in [-0.1, -0.05) is 12.1 Å². The third-order valence-electron chi connectivity index (χ3n) is 3.17. The number of amides is 1. The molecular weight excluding hydrogens is 295 g/mol. The Bertz CT molecular complexity index is 643. The summed E-state index contributed by atoms with van der Waals surface area (Å²) in [5.41, 5.74) is 1.53. The molecule has 0 fully saturated rings. The van der Waals surface area contributed by atoms with Gasteiger partial charge in [-0.3, -0.25) is 4.79 Å². The van der Waals surface area contributed by atoms with Crippen molar-refractivity contribution in [1.82, 2.24) is 9.88 Å². The summed E-state index contributed by atoms with van der Waals surface area (Å²) in [7, 11) is 4.02. The van der Waals surface area contributed by atoms with E-state index in [2.05, 4.69) is 20.5 Å². The lowest BCUT2D eigenvalue weighted by atomic mass is 10.1. The predicted octanol–water partition coefficient (Wildman–Crippen LogP) is 2.38. The van der Waals surface area contributed by atoms with Crippen molar-refractivity contribution < 1.29 is 9.18 Å². The Morgan fingerprint density at radius 1 is 1.26 bits per heavy atom. The molecule has 0 unspecified atom stereocenters. The molecule has 2 aromatic rings. The number of hydrogen-bond acceptors (Lipinski definition) is 4. The fourth-order valence-corrected chi connectivity index (χ4v) is 2.02. The van der Waals surface area contributed by atoms with Gasteiger partial charge in [0.25, 0.3) is 0 Å². The lowest BCUT2D eigenvalue weighted by Crippen LogP contribution is -2.20. The third-order valence-corrected chi connectivity index (χ3v) is 3.17. The van der Waals surface area contributed by atoms with Crippen LogP contribution in [0.1, 0.15) is 5.56 Å². The molecule has 1 amide bonds. The Balaban J connectivity index is 1.84. The highest BCUT2D eigenvalue weighted by Crippen LogP contribution is 2.10. The Morgan fingerprint density at radius 2 is 2.09 bits per heavy atom. The van der Waals surface area contributed by atoms with E-state index in [0.29, 0.717) is 11.4 Å². The summed E-state index contributed by atoms with van der Waals surface area (Å²) in [5.74, 6) is -0.0949. The van der Waals surface area contributed by atoms with Crippen LogP contribution in [-0.4, -0.2) is 43.0 Å². The fourth-order valence-electron chi connectivity index (χ4n) is 2.02. The van der Waals surface area contributed by atoms with E-state index in [1.807, 2.05) is 20.2 Å². The van der Waals surface area contributed by atoms with Crippen LogP contribution in [0.5, 0.6) is 0 Å². The van der Waals surface area contributed by atoms with E-state index in [0.717, 1.165) is 18.8 Å². The minimum atomic E-state index is -0.346. The van der Waals surface area contributed by atoms with Gasteiger partial charge in [0.05, 0.1) is 18.3 Å². The highest BCUT2D eigenvalue weighted by molar-refractivity contribution is 5.91. The molecule has 0 aliphatic rings. The molecule has 0 atom stereocenters. The van der Waals surface area contributed by atoms with E-state index in [-0.39, 0.29) is 18.1 Å². The average molecular weight is 316 g/mol. The van der Waals surface area contributed by atoms with Gasteiger partial charge in [-0.05, 0) is 43.9 Å². The number of aromatic nitrogens is 1. The Kier molecular flexibility index (Phi) is 6.05. The molecule has 1 aromatic heterocycles. The first-order valence-electron chi connectivity index (χ1n) is 7.42. The number of likely N-dealkylation sites (N-methyl/N-ethyl adjacent to an activating group) is 1. The van der Waals surface area contributed by atoms with Crippen LogP contribution in [0.25, 0.3) is 0 Å². The lowest BCUT2D eigenvalue weighted by molar-refractivity contribution is -0.115. The van der Waals surface area contributed by atoms with Gasteiger partial charge in [0.2, 0.25) is 5.91 Å². The van der Waals surface area contributed by atoms with E-state index in [1.165, 1.54) is 12.1 Å². The summed E-state index contributed by atoms with van der Waals surface area (Å²) in [6.45, 7) is 1.74. The monoisotopic (exact) mass is 316 g/mol. The van der Waals surface area contributed by atoms with E-state index in [1.54, 1.807) is 24.4 Å². The molecule has 0 bridgehead atoms. The van der Waals surface area contributed by atoms with Gasteiger partial charge in [0.15, 0.2) is 0 Å². The molecule has 6 heteroatoms. The molecule has 0 radical (unpaired) electrons. The number of nitrogens with zero attached hydrogens (tertiary/aromatic N) is 2. The first-order valence-corrected chi connectivity index (χ1v) is 7.42. The molecule has 0 aliphatic carbocycles. The number of carbonyl (C=O) groups is 1. The minimum Gasteiger partial charge on any atom is -0.383 e. The maximum atomic E-state index is 13.1. The number of benzene rings is 1. The second-order valence-corrected chi connectivity index (χ2v) is 5.52. The van der Waals surface area contributed by atoms with Gasteiger partial charge in [0, 0.05) is 13.1 Å². The van der Waals surface area contributed by atoms with Gasteiger partial charge >= 0.3 is 0 Å². The van der Waals surface area contributed by atoms with Crippen molar-refractivity contribution in [2.24, 2.45) is 0 Å². The van der Waals surface area contributed by atoms with Gasteiger partial charge in [-0.25, -0.2) is 9.37 Å². The molecule has 0 saturated heterocycles. The zero-order chi connectivity index (χ0) is 16.7. The summed E-state index contributed by atoms with van der Waals surface area (Å²) in [6, 6.07) is 9.61. The molecule has 0 spiro atoms. The molecule has 5 nitrogen and oxygen atoms in total. The normalized spacial score (nSPS) is 10.6. The topological polar surface area (TPSA) is 57.3 Å². The Hall–Kier alpha value is -2.47. The van der Waals surface area contributed by atoms with Crippen molar-refractivity contribution >= 4 is 17.4 Å². The van der Waals surface area contributed by atoms with Crippen molar-refractivity contribution in [3.8, 4) is 0 Å². The average Bonchev–Trinajstić information content (AvgIpc) is 2.48. The van der Waals surface area contributed by atoms with Gasteiger partial charge in [0.1, 0.15) is 11.6 Å². The molecule has 1 aromatic carbocycles. The quantitative estimate of drug-likeness (QED) is 0.823. The maximum absolute atomic E-state index is 13.1. The van der Waals surface area contributed by atoms with Crippen LogP contribution in [0.15, 0.2) is 42.6 Å². The minimum absolute atomic E-state index is 0.113. The number of carbonyl (C=O) groups excluding carboxylic acids is 1. The van der Waals surface area contributed by atoms with Crippen molar-refractivity contribution in [2.75, 3.05) is 37.8 Å². The number of anilines is 2.